The maximum Gasteiger partial charge on any atom is 0.389 e. The van der Waals surface area contributed by atoms with Crippen molar-refractivity contribution in [3.63, 3.8) is 0 Å². The first-order valence-corrected chi connectivity index (χ1v) is 8.25. The zero-order valence-electron chi connectivity index (χ0n) is 13.1. The summed E-state index contributed by atoms with van der Waals surface area (Å²) in [5.74, 6) is -0.352. The molecule has 0 radical (unpaired) electrons. The van der Waals surface area contributed by atoms with E-state index in [2.05, 4.69) is 0 Å². The van der Waals surface area contributed by atoms with Crippen molar-refractivity contribution in [2.75, 3.05) is 11.8 Å². The third-order valence-corrected chi connectivity index (χ3v) is 4.66. The van der Waals surface area contributed by atoms with Crippen LogP contribution in [0, 0.1) is 27.2 Å². The number of nitro groups is 2. The fraction of sp³-hybridized carbons (Fsp3) is 0.143. The van der Waals surface area contributed by atoms with Crippen LogP contribution in [-0.4, -0.2) is 25.4 Å². The van der Waals surface area contributed by atoms with Gasteiger partial charge >= 0.3 is 11.4 Å². The van der Waals surface area contributed by atoms with Crippen molar-refractivity contribution in [1.82, 2.24) is 0 Å². The van der Waals surface area contributed by atoms with Crippen LogP contribution < -0.4 is 9.46 Å². The Labute approximate surface area is 142 Å². The van der Waals surface area contributed by atoms with E-state index in [-0.39, 0.29) is 10.6 Å². The van der Waals surface area contributed by atoms with E-state index in [1.807, 2.05) is 4.72 Å². The summed E-state index contributed by atoms with van der Waals surface area (Å²) in [5, 5.41) is 22.5. The van der Waals surface area contributed by atoms with Gasteiger partial charge in [0.1, 0.15) is 5.69 Å². The Balaban J connectivity index is 2.59. The Hall–Kier alpha value is -3.21. The normalized spacial score (nSPS) is 11.0. The van der Waals surface area contributed by atoms with E-state index in [9.17, 15) is 28.6 Å². The first-order valence-electron chi connectivity index (χ1n) is 6.76. The molecule has 0 aliphatic heterocycles. The Morgan fingerprint density at radius 3 is 2.00 bits per heavy atom. The molecule has 0 aliphatic carbocycles. The largest absolute Gasteiger partial charge is 0.490 e. The van der Waals surface area contributed by atoms with E-state index in [0.29, 0.717) is 0 Å². The maximum absolute atomic E-state index is 12.4. The number of nitro benzene ring substituents is 2. The van der Waals surface area contributed by atoms with Crippen LogP contribution in [0.3, 0.4) is 0 Å². The Kier molecular flexibility index (Phi) is 4.88. The fourth-order valence-corrected chi connectivity index (χ4v) is 3.16. The van der Waals surface area contributed by atoms with Gasteiger partial charge < -0.3 is 4.74 Å². The van der Waals surface area contributed by atoms with Crippen molar-refractivity contribution in [2.45, 2.75) is 11.8 Å². The molecule has 0 spiro atoms. The van der Waals surface area contributed by atoms with E-state index in [1.165, 1.54) is 12.1 Å². The van der Waals surface area contributed by atoms with Gasteiger partial charge in [0.15, 0.2) is 0 Å². The van der Waals surface area contributed by atoms with Crippen LogP contribution in [0.1, 0.15) is 5.56 Å². The molecule has 10 nitrogen and oxygen atoms in total. The topological polar surface area (TPSA) is 142 Å². The van der Waals surface area contributed by atoms with Crippen molar-refractivity contribution >= 4 is 27.1 Å². The van der Waals surface area contributed by atoms with Gasteiger partial charge in [-0.3, -0.25) is 25.0 Å². The molecule has 2 aromatic rings. The molecule has 0 bridgehead atoms. The quantitative estimate of drug-likeness (QED) is 0.611. The van der Waals surface area contributed by atoms with Gasteiger partial charge in [-0.2, -0.15) is 0 Å². The van der Waals surface area contributed by atoms with Gasteiger partial charge in [0.2, 0.25) is 5.75 Å². The number of nitrogens with one attached hydrogen (secondary N) is 1. The van der Waals surface area contributed by atoms with Crippen molar-refractivity contribution in [3.8, 4) is 5.75 Å². The van der Waals surface area contributed by atoms with Crippen LogP contribution in [0.15, 0.2) is 41.3 Å². The third-order valence-electron chi connectivity index (χ3n) is 3.27. The Morgan fingerprint density at radius 2 is 1.52 bits per heavy atom. The summed E-state index contributed by atoms with van der Waals surface area (Å²) >= 11 is 0. The molecule has 25 heavy (non-hydrogen) atoms. The monoisotopic (exact) mass is 367 g/mol. The number of anilines is 1. The Morgan fingerprint density at radius 1 is 0.960 bits per heavy atom. The van der Waals surface area contributed by atoms with E-state index >= 15 is 0 Å². The molecule has 0 aliphatic rings. The second-order valence-electron chi connectivity index (χ2n) is 4.95. The molecule has 0 saturated carbocycles. The molecule has 132 valence electrons. The molecular weight excluding hydrogens is 354 g/mol. The van der Waals surface area contributed by atoms with Crippen LogP contribution in [0.25, 0.3) is 0 Å². The molecule has 0 amide bonds. The smallest absolute Gasteiger partial charge is 0.389 e. The number of hydrogen-bond acceptors (Lipinski definition) is 7. The van der Waals surface area contributed by atoms with E-state index in [0.717, 1.165) is 24.8 Å². The highest BCUT2D eigenvalue weighted by Crippen LogP contribution is 2.42. The number of methoxy groups -OCH3 is 1. The van der Waals surface area contributed by atoms with Gasteiger partial charge in [0.25, 0.3) is 10.0 Å². The van der Waals surface area contributed by atoms with E-state index in [4.69, 9.17) is 4.74 Å². The predicted octanol–water partition coefficient (Wildman–Crippen LogP) is 2.62. The summed E-state index contributed by atoms with van der Waals surface area (Å²) in [6.45, 7) is 1.77. The number of hydrogen-bond donors (Lipinski definition) is 1. The molecule has 1 N–H and O–H groups in total. The second kappa shape index (κ2) is 6.73. The fourth-order valence-electron chi connectivity index (χ4n) is 2.09. The van der Waals surface area contributed by atoms with Crippen LogP contribution in [0.5, 0.6) is 5.75 Å². The van der Waals surface area contributed by atoms with Gasteiger partial charge in [-0.05, 0) is 31.2 Å². The van der Waals surface area contributed by atoms with Crippen LogP contribution in [0.2, 0.25) is 0 Å². The highest BCUT2D eigenvalue weighted by molar-refractivity contribution is 7.92. The predicted molar refractivity (Wildman–Crippen MR) is 88.3 cm³/mol. The number of aryl methyl sites for hydroxylation is 1. The van der Waals surface area contributed by atoms with Crippen LogP contribution >= 0.6 is 0 Å². The first-order chi connectivity index (χ1) is 11.7. The zero-order valence-corrected chi connectivity index (χ0v) is 13.9. The van der Waals surface area contributed by atoms with Gasteiger partial charge in [0, 0.05) is 0 Å². The first kappa shape index (κ1) is 18.1. The molecule has 0 unspecified atom stereocenters. The highest BCUT2D eigenvalue weighted by Gasteiger charge is 2.35. The van der Waals surface area contributed by atoms with Gasteiger partial charge in [-0.15, -0.1) is 0 Å². The number of nitrogens with zero attached hydrogens (tertiary/aromatic N) is 2. The lowest BCUT2D eigenvalue weighted by Crippen LogP contribution is -2.15. The summed E-state index contributed by atoms with van der Waals surface area (Å²) < 4.78 is 31.6. The summed E-state index contributed by atoms with van der Waals surface area (Å²) in [6, 6.07) is 7.87. The van der Waals surface area contributed by atoms with Gasteiger partial charge in [-0.1, -0.05) is 17.7 Å². The van der Waals surface area contributed by atoms with Crippen LogP contribution in [0.4, 0.5) is 17.1 Å². The second-order valence-corrected chi connectivity index (χ2v) is 6.63. The van der Waals surface area contributed by atoms with Crippen molar-refractivity contribution in [2.24, 2.45) is 0 Å². The minimum Gasteiger partial charge on any atom is -0.490 e. The minimum atomic E-state index is -4.17. The van der Waals surface area contributed by atoms with E-state index in [1.54, 1.807) is 19.1 Å². The third kappa shape index (κ3) is 3.66. The van der Waals surface area contributed by atoms with Crippen LogP contribution in [-0.2, 0) is 10.0 Å². The Bertz CT molecular complexity index is 940. The average molecular weight is 367 g/mol. The minimum absolute atomic E-state index is 0.133. The maximum atomic E-state index is 12.4. The van der Waals surface area contributed by atoms with Gasteiger partial charge in [-0.25, -0.2) is 8.42 Å². The van der Waals surface area contributed by atoms with Crippen molar-refractivity contribution in [1.29, 1.82) is 0 Å². The molecule has 0 aromatic heterocycles. The lowest BCUT2D eigenvalue weighted by molar-refractivity contribution is -0.422. The lowest BCUT2D eigenvalue weighted by Gasteiger charge is -2.10. The number of ether oxygens (including phenoxy) is 1. The lowest BCUT2D eigenvalue weighted by atomic mass is 10.2. The molecule has 0 heterocycles. The number of rotatable bonds is 6. The zero-order chi connectivity index (χ0) is 18.8. The van der Waals surface area contributed by atoms with E-state index < -0.39 is 36.9 Å². The summed E-state index contributed by atoms with van der Waals surface area (Å²) in [7, 11) is -3.05. The molecule has 11 heteroatoms. The average Bonchev–Trinajstić information content (AvgIpc) is 2.54. The molecule has 2 aromatic carbocycles. The summed E-state index contributed by atoms with van der Waals surface area (Å²) in [4.78, 5) is 20.3. The standard InChI is InChI=1S/C14H13N3O7S/c1-9-3-5-10(6-4-9)25(22,23)15-11-7-8-12(24-2)14(17(20)21)13(11)16(18)19/h3-8,15H,1-2H3. The molecule has 0 saturated heterocycles. The summed E-state index contributed by atoms with van der Waals surface area (Å²) in [5.41, 5.74) is -1.64. The number of sulfonamides is 1. The van der Waals surface area contributed by atoms with Crippen molar-refractivity contribution in [3.05, 3.63) is 62.2 Å². The molecule has 0 atom stereocenters. The molecule has 2 rings (SSSR count). The van der Waals surface area contributed by atoms with Crippen molar-refractivity contribution < 1.29 is 23.0 Å². The highest BCUT2D eigenvalue weighted by atomic mass is 32.2. The van der Waals surface area contributed by atoms with Gasteiger partial charge in [0.05, 0.1) is 21.9 Å². The molecule has 0 fully saturated rings. The number of benzene rings is 2. The SMILES string of the molecule is COc1ccc(NS(=O)(=O)c2ccc(C)cc2)c([N+](=O)[O-])c1[N+](=O)[O-]. The summed E-state index contributed by atoms with van der Waals surface area (Å²) in [6.07, 6.45) is 0. The molecular formula is C14H13N3O7S.